The lowest BCUT2D eigenvalue weighted by molar-refractivity contribution is -0.137. The number of hydrogen-bond donors (Lipinski definition) is 1. The van der Waals surface area contributed by atoms with Gasteiger partial charge in [-0.15, -0.1) is 0 Å². The smallest absolute Gasteiger partial charge is 0.416 e. The molecule has 0 aliphatic carbocycles. The molecule has 3 aromatic carbocycles. The van der Waals surface area contributed by atoms with Crippen molar-refractivity contribution in [1.82, 2.24) is 5.32 Å². The van der Waals surface area contributed by atoms with E-state index in [1.165, 1.54) is 6.07 Å². The SMILES string of the molecule is CSCCNC(=O)c1cccc(-c2cccc3cc(Cc4cccc(C(F)(F)F)c4)oc23)c1. The highest BCUT2D eigenvalue weighted by Gasteiger charge is 2.30. The predicted molar refractivity (Wildman–Crippen MR) is 127 cm³/mol. The summed E-state index contributed by atoms with van der Waals surface area (Å²) in [6.45, 7) is 0.594. The number of rotatable bonds is 7. The lowest BCUT2D eigenvalue weighted by Gasteiger charge is -2.08. The molecular weight excluding hydrogens is 447 g/mol. The van der Waals surface area contributed by atoms with Gasteiger partial charge in [-0.1, -0.05) is 48.5 Å². The molecule has 0 aliphatic heterocycles. The average molecular weight is 470 g/mol. The maximum atomic E-state index is 13.0. The minimum Gasteiger partial charge on any atom is -0.460 e. The highest BCUT2D eigenvalue weighted by Crippen LogP contribution is 2.33. The van der Waals surface area contributed by atoms with E-state index in [0.717, 1.165) is 34.4 Å². The number of halogens is 3. The van der Waals surface area contributed by atoms with E-state index >= 15 is 0 Å². The van der Waals surface area contributed by atoms with Crippen LogP contribution < -0.4 is 5.32 Å². The number of hydrogen-bond acceptors (Lipinski definition) is 3. The number of amides is 1. The number of carbonyl (C=O) groups excluding carboxylic acids is 1. The molecule has 1 N–H and O–H groups in total. The van der Waals surface area contributed by atoms with Gasteiger partial charge in [-0.05, 0) is 41.6 Å². The van der Waals surface area contributed by atoms with Crippen molar-refractivity contribution in [3.8, 4) is 11.1 Å². The molecule has 4 rings (SSSR count). The van der Waals surface area contributed by atoms with E-state index in [0.29, 0.717) is 29.0 Å². The first-order chi connectivity index (χ1) is 15.8. The van der Waals surface area contributed by atoms with Crippen molar-refractivity contribution in [2.24, 2.45) is 0 Å². The zero-order valence-corrected chi connectivity index (χ0v) is 18.7. The Bertz CT molecular complexity index is 1280. The number of alkyl halides is 3. The summed E-state index contributed by atoms with van der Waals surface area (Å²) in [7, 11) is 0. The van der Waals surface area contributed by atoms with Crippen LogP contribution in [0.4, 0.5) is 13.2 Å². The van der Waals surface area contributed by atoms with Crippen molar-refractivity contribution in [3.63, 3.8) is 0 Å². The first-order valence-electron chi connectivity index (χ1n) is 10.4. The second kappa shape index (κ2) is 9.75. The van der Waals surface area contributed by atoms with Gasteiger partial charge in [-0.2, -0.15) is 24.9 Å². The second-order valence-electron chi connectivity index (χ2n) is 7.64. The Hall–Kier alpha value is -3.19. The number of benzene rings is 3. The van der Waals surface area contributed by atoms with Crippen molar-refractivity contribution in [2.75, 3.05) is 18.6 Å². The van der Waals surface area contributed by atoms with E-state index in [4.69, 9.17) is 4.42 Å². The van der Waals surface area contributed by atoms with Crippen LogP contribution in [0, 0.1) is 0 Å². The van der Waals surface area contributed by atoms with Crippen LogP contribution in [0.5, 0.6) is 0 Å². The minimum atomic E-state index is -4.39. The largest absolute Gasteiger partial charge is 0.460 e. The van der Waals surface area contributed by atoms with Gasteiger partial charge in [-0.3, -0.25) is 4.79 Å². The molecule has 0 spiro atoms. The van der Waals surface area contributed by atoms with Gasteiger partial charge in [-0.25, -0.2) is 0 Å². The van der Waals surface area contributed by atoms with Crippen molar-refractivity contribution >= 4 is 28.6 Å². The number of thioether (sulfide) groups is 1. The molecule has 1 aromatic heterocycles. The Morgan fingerprint density at radius 2 is 1.79 bits per heavy atom. The molecule has 0 unspecified atom stereocenters. The fourth-order valence-corrected chi connectivity index (χ4v) is 3.99. The van der Waals surface area contributed by atoms with Gasteiger partial charge in [0.1, 0.15) is 11.3 Å². The van der Waals surface area contributed by atoms with Crippen LogP contribution >= 0.6 is 11.8 Å². The highest BCUT2D eigenvalue weighted by atomic mass is 32.2. The van der Waals surface area contributed by atoms with E-state index in [9.17, 15) is 18.0 Å². The van der Waals surface area contributed by atoms with E-state index in [-0.39, 0.29) is 12.3 Å². The normalized spacial score (nSPS) is 11.6. The van der Waals surface area contributed by atoms with Gasteiger partial charge in [0.2, 0.25) is 0 Å². The second-order valence-corrected chi connectivity index (χ2v) is 8.63. The summed E-state index contributed by atoms with van der Waals surface area (Å²) >= 11 is 1.66. The molecule has 3 nitrogen and oxygen atoms in total. The van der Waals surface area contributed by atoms with E-state index < -0.39 is 11.7 Å². The van der Waals surface area contributed by atoms with Crippen LogP contribution in [-0.2, 0) is 12.6 Å². The number of furan rings is 1. The topological polar surface area (TPSA) is 42.2 Å². The molecule has 170 valence electrons. The van der Waals surface area contributed by atoms with Gasteiger partial charge in [0, 0.05) is 35.2 Å². The molecule has 7 heteroatoms. The first kappa shape index (κ1) is 23.0. The Kier molecular flexibility index (Phi) is 6.79. The molecule has 0 aliphatic rings. The molecule has 0 saturated carbocycles. The summed E-state index contributed by atoms with van der Waals surface area (Å²) in [6.07, 6.45) is -2.16. The van der Waals surface area contributed by atoms with Gasteiger partial charge >= 0.3 is 6.18 Å². The molecule has 0 saturated heterocycles. The fraction of sp³-hybridized carbons (Fsp3) is 0.192. The number of nitrogens with one attached hydrogen (secondary N) is 1. The summed E-state index contributed by atoms with van der Waals surface area (Å²) in [5.41, 5.74) is 2.69. The van der Waals surface area contributed by atoms with Gasteiger partial charge in [0.15, 0.2) is 0 Å². The minimum absolute atomic E-state index is 0.136. The zero-order valence-electron chi connectivity index (χ0n) is 17.9. The molecule has 4 aromatic rings. The third kappa shape index (κ3) is 5.42. The van der Waals surface area contributed by atoms with Crippen molar-refractivity contribution in [2.45, 2.75) is 12.6 Å². The highest BCUT2D eigenvalue weighted by molar-refractivity contribution is 7.98. The molecular formula is C26H22F3NO2S. The third-order valence-electron chi connectivity index (χ3n) is 5.26. The van der Waals surface area contributed by atoms with Crippen LogP contribution in [0.1, 0.15) is 27.2 Å². The molecule has 1 heterocycles. The lowest BCUT2D eigenvalue weighted by Crippen LogP contribution is -2.25. The maximum absolute atomic E-state index is 13.0. The van der Waals surface area contributed by atoms with Crippen molar-refractivity contribution < 1.29 is 22.4 Å². The van der Waals surface area contributed by atoms with Crippen LogP contribution in [0.2, 0.25) is 0 Å². The Morgan fingerprint density at radius 3 is 2.58 bits per heavy atom. The summed E-state index contributed by atoms with van der Waals surface area (Å²) in [5.74, 6) is 1.27. The predicted octanol–water partition coefficient (Wildman–Crippen LogP) is 6.80. The average Bonchev–Trinajstić information content (AvgIpc) is 3.21. The zero-order chi connectivity index (χ0) is 23.4. The molecule has 0 atom stereocenters. The Morgan fingerprint density at radius 1 is 1.00 bits per heavy atom. The lowest BCUT2D eigenvalue weighted by atomic mass is 10.0. The van der Waals surface area contributed by atoms with Crippen molar-refractivity contribution in [1.29, 1.82) is 0 Å². The summed E-state index contributed by atoms with van der Waals surface area (Å²) in [4.78, 5) is 12.4. The maximum Gasteiger partial charge on any atom is 0.416 e. The Balaban J connectivity index is 1.63. The third-order valence-corrected chi connectivity index (χ3v) is 5.87. The molecule has 0 fully saturated rings. The van der Waals surface area contributed by atoms with Crippen LogP contribution in [0.25, 0.3) is 22.1 Å². The van der Waals surface area contributed by atoms with Crippen LogP contribution in [-0.4, -0.2) is 24.5 Å². The van der Waals surface area contributed by atoms with E-state index in [1.807, 2.05) is 48.7 Å². The first-order valence-corrected chi connectivity index (χ1v) is 11.8. The van der Waals surface area contributed by atoms with Gasteiger partial charge in [0.25, 0.3) is 5.91 Å². The van der Waals surface area contributed by atoms with E-state index in [2.05, 4.69) is 5.32 Å². The fourth-order valence-electron chi connectivity index (χ4n) is 3.69. The van der Waals surface area contributed by atoms with E-state index in [1.54, 1.807) is 23.9 Å². The quantitative estimate of drug-likeness (QED) is 0.303. The Labute approximate surface area is 194 Å². The van der Waals surface area contributed by atoms with Gasteiger partial charge in [0.05, 0.1) is 5.56 Å². The monoisotopic (exact) mass is 469 g/mol. The van der Waals surface area contributed by atoms with Crippen LogP contribution in [0.3, 0.4) is 0 Å². The van der Waals surface area contributed by atoms with Crippen molar-refractivity contribution in [3.05, 3.63) is 95.2 Å². The standard InChI is InChI=1S/C26H22F3NO2S/c1-33-12-11-30-25(31)20-8-3-6-18(15-20)23-10-4-7-19-16-22(32-24(19)23)14-17-5-2-9-21(13-17)26(27,28)29/h2-10,13,15-16H,11-12,14H2,1H3,(H,30,31). The summed E-state index contributed by atoms with van der Waals surface area (Å²) in [5, 5.41) is 3.75. The number of carbonyl (C=O) groups is 1. The number of fused-ring (bicyclic) bond motifs is 1. The van der Waals surface area contributed by atoms with Crippen LogP contribution in [0.15, 0.2) is 77.2 Å². The molecule has 0 bridgehead atoms. The van der Waals surface area contributed by atoms with Gasteiger partial charge < -0.3 is 9.73 Å². The molecule has 33 heavy (non-hydrogen) atoms. The number of para-hydroxylation sites is 1. The summed E-state index contributed by atoms with van der Waals surface area (Å²) < 4.78 is 45.2. The summed E-state index contributed by atoms with van der Waals surface area (Å²) in [6, 6.07) is 20.1. The molecule has 1 amide bonds. The molecule has 0 radical (unpaired) electrons.